The second kappa shape index (κ2) is 30.9. The number of benzene rings is 1. The van der Waals surface area contributed by atoms with Gasteiger partial charge in [0.05, 0.1) is 58.1 Å². The minimum Gasteiger partial charge on any atom is -0.462 e. The van der Waals surface area contributed by atoms with Crippen LogP contribution in [-0.4, -0.2) is 316 Å². The first-order chi connectivity index (χ1) is 42.9. The van der Waals surface area contributed by atoms with Crippen LogP contribution in [0.25, 0.3) is 0 Å². The number of guanidine groups is 2. The highest BCUT2D eigenvalue weighted by molar-refractivity contribution is 5.98. The van der Waals surface area contributed by atoms with Crippen LogP contribution >= 0.6 is 0 Å². The van der Waals surface area contributed by atoms with E-state index >= 15 is 4.79 Å². The minimum absolute atomic E-state index is 0.0521. The molecular weight excluding hydrogens is 1200 g/mol. The number of nitrogens with zero attached hydrogens (tertiary/aromatic N) is 3. The van der Waals surface area contributed by atoms with Crippen LogP contribution < -0.4 is 53.4 Å². The van der Waals surface area contributed by atoms with Crippen molar-refractivity contribution in [2.24, 2.45) is 27.4 Å². The number of carbonyl (C=O) groups is 6. The molecule has 1 saturated carbocycles. The highest BCUT2D eigenvalue weighted by Crippen LogP contribution is 2.33. The molecule has 4 unspecified atom stereocenters. The van der Waals surface area contributed by atoms with Crippen molar-refractivity contribution in [2.75, 3.05) is 46.1 Å². The topological polar surface area (TPSA) is 596 Å². The van der Waals surface area contributed by atoms with E-state index in [1.165, 1.54) is 24.3 Å². The molecule has 504 valence electrons. The van der Waals surface area contributed by atoms with Crippen LogP contribution in [0.3, 0.4) is 0 Å². The van der Waals surface area contributed by atoms with Gasteiger partial charge < -0.3 is 149 Å². The number of carbonyl (C=O) groups excluding carboxylic acids is 6. The smallest absolute Gasteiger partial charge is 0.246 e. The van der Waals surface area contributed by atoms with E-state index in [1.807, 2.05) is 0 Å². The van der Waals surface area contributed by atoms with Gasteiger partial charge in [-0.25, -0.2) is 0 Å². The van der Waals surface area contributed by atoms with Crippen LogP contribution in [0, 0.1) is 5.92 Å². The summed E-state index contributed by atoms with van der Waals surface area (Å²) in [5.41, 5.74) is 12.3. The third kappa shape index (κ3) is 15.9. The maximum Gasteiger partial charge on any atom is 0.246 e. The van der Waals surface area contributed by atoms with Crippen molar-refractivity contribution in [3.05, 3.63) is 29.8 Å². The molecular formula is C53H82N12O25. The SMILES string of the molecule is NC1=NCC(C(O)[C@@H]2NC(=O)[C@@H](Cc3ccc(O[C@H]4O[C@H](CO)[C@@H](O[C@H]5O[C@H](CO)[C@@H](O)[C@H](O)[C@@H]5O)[C@H](O)[C@@H]4O)cc3)NC(=O)[C@H](CC3CCCCC3)NC(=O)CNC(=O)[C@H](CO)NC(=O)[C@@H](C(O)C3CN=C(N)N3[C@H]3O[C@H](CO)[C@@H](O)[C@H](O)[C@@H]3O)NC2=O)N1. The predicted octanol–water partition coefficient (Wildman–Crippen LogP) is -13.4. The maximum absolute atomic E-state index is 15.0. The summed E-state index contributed by atoms with van der Waals surface area (Å²) in [6.45, 7) is -5.40. The van der Waals surface area contributed by atoms with E-state index in [0.29, 0.717) is 12.8 Å². The summed E-state index contributed by atoms with van der Waals surface area (Å²) in [4.78, 5) is 95.7. The average molecular weight is 1290 g/mol. The second-order valence-electron chi connectivity index (χ2n) is 23.2. The second-order valence-corrected chi connectivity index (χ2v) is 23.2. The average Bonchev–Trinajstić information content (AvgIpc) is 1.58. The molecule has 8 rings (SSSR count). The molecule has 5 fully saturated rings. The van der Waals surface area contributed by atoms with Crippen LogP contribution in [0.5, 0.6) is 5.75 Å². The molecule has 0 spiro atoms. The Morgan fingerprint density at radius 3 is 1.78 bits per heavy atom. The Morgan fingerprint density at radius 2 is 1.14 bits per heavy atom. The molecule has 6 aliphatic heterocycles. The number of rotatable bonds is 17. The van der Waals surface area contributed by atoms with Gasteiger partial charge in [0.15, 0.2) is 24.4 Å². The Labute approximate surface area is 512 Å². The molecule has 6 heterocycles. The van der Waals surface area contributed by atoms with Gasteiger partial charge in [-0.2, -0.15) is 0 Å². The first-order valence-electron chi connectivity index (χ1n) is 29.4. The Balaban J connectivity index is 1.09. The predicted molar refractivity (Wildman–Crippen MR) is 299 cm³/mol. The highest BCUT2D eigenvalue weighted by atomic mass is 16.7. The van der Waals surface area contributed by atoms with E-state index in [9.17, 15) is 95.5 Å². The van der Waals surface area contributed by atoms with Gasteiger partial charge in [-0.3, -0.25) is 38.8 Å². The zero-order valence-corrected chi connectivity index (χ0v) is 48.4. The molecule has 1 aromatic rings. The molecule has 7 aliphatic rings. The standard InChI is InChI=1S/C53H82N12O25/c54-52-57-12-24(62-52)33(71)31-48(85)64-32(34(72)26-13-58-53(55)65(26)49-40(78)37(75)35(73)27(16-67)87-49)47(84)61-25(15-66)44(81)56-14-30(70)59-22(10-19-4-2-1-3-5-19)45(82)60-23(46(83)63-31)11-20-6-8-21(9-7-20)86-50-42(80)39(77)43(29(18-69)89-50)90-51-41(79)38(76)36(74)28(17-68)88-51/h6-9,19,22-29,31-43,49-51,66-69,71-80H,1-5,10-18H2,(H2,55,58)(H,56,81)(H,59,70)(H,60,82)(H,61,84)(H,63,83)(H,64,85)(H3,54,57,62)/t22-,23+,24?,25-,26?,27+,28+,29+,31-,32+,33?,34?,35+,36+,37-,38-,39+,40-,41-,42-,43+,49-,50-,51+/m0/s1. The largest absolute Gasteiger partial charge is 0.462 e. The number of aliphatic hydroxyl groups is 14. The molecule has 0 aromatic heterocycles. The molecule has 90 heavy (non-hydrogen) atoms. The zero-order valence-electron chi connectivity index (χ0n) is 48.4. The van der Waals surface area contributed by atoms with Gasteiger partial charge in [0.25, 0.3) is 0 Å². The van der Waals surface area contributed by atoms with Crippen LogP contribution in [0.2, 0.25) is 0 Å². The van der Waals surface area contributed by atoms with E-state index in [2.05, 4.69) is 47.2 Å². The number of amides is 6. The third-order valence-corrected chi connectivity index (χ3v) is 17.0. The van der Waals surface area contributed by atoms with Gasteiger partial charge in [0.2, 0.25) is 41.7 Å². The molecule has 1 aliphatic carbocycles. The van der Waals surface area contributed by atoms with Crippen molar-refractivity contribution >= 4 is 47.4 Å². The normalized spacial score (nSPS) is 38.8. The molecule has 0 bridgehead atoms. The van der Waals surface area contributed by atoms with E-state index in [1.54, 1.807) is 0 Å². The van der Waals surface area contributed by atoms with Crippen molar-refractivity contribution in [2.45, 2.75) is 192 Å². The number of nitrogens with two attached hydrogens (primary N) is 2. The monoisotopic (exact) mass is 1290 g/mol. The minimum atomic E-state index is -2.33. The number of aliphatic hydroxyl groups excluding tert-OH is 14. The van der Waals surface area contributed by atoms with Gasteiger partial charge in [-0.1, -0.05) is 44.2 Å². The zero-order chi connectivity index (χ0) is 65.4. The van der Waals surface area contributed by atoms with Gasteiger partial charge in [0, 0.05) is 6.42 Å². The molecule has 25 N–H and O–H groups in total. The van der Waals surface area contributed by atoms with Crippen molar-refractivity contribution in [3.63, 3.8) is 0 Å². The van der Waals surface area contributed by atoms with Gasteiger partial charge in [-0.05, 0) is 30.0 Å². The summed E-state index contributed by atoms with van der Waals surface area (Å²) >= 11 is 0. The first kappa shape index (κ1) is 69.5. The fourth-order valence-electron chi connectivity index (χ4n) is 11.9. The lowest BCUT2D eigenvalue weighted by Gasteiger charge is -2.46. The number of hydrogen-bond acceptors (Lipinski definition) is 31. The summed E-state index contributed by atoms with van der Waals surface area (Å²) in [6, 6.07) is -7.01. The molecule has 6 amide bonds. The molecule has 24 atom stereocenters. The number of nitrogens with one attached hydrogen (secondary N) is 7. The lowest BCUT2D eigenvalue weighted by molar-refractivity contribution is -0.352. The van der Waals surface area contributed by atoms with Crippen molar-refractivity contribution in [3.8, 4) is 5.75 Å². The van der Waals surface area contributed by atoms with Gasteiger partial charge in [0.1, 0.15) is 121 Å². The third-order valence-electron chi connectivity index (χ3n) is 17.0. The molecule has 4 saturated heterocycles. The molecule has 1 aromatic carbocycles. The summed E-state index contributed by atoms with van der Waals surface area (Å²) in [5, 5.41) is 167. The Hall–Kier alpha value is -6.34. The fourth-order valence-corrected chi connectivity index (χ4v) is 11.9. The molecule has 37 heteroatoms. The lowest BCUT2D eigenvalue weighted by atomic mass is 9.84. The summed E-state index contributed by atoms with van der Waals surface area (Å²) < 4.78 is 28.3. The molecule has 0 radical (unpaired) electrons. The summed E-state index contributed by atoms with van der Waals surface area (Å²) in [6.07, 6.45) is -27.5. The van der Waals surface area contributed by atoms with Crippen LogP contribution in [0.1, 0.15) is 44.1 Å². The number of hydrogen-bond donors (Lipinski definition) is 23. The van der Waals surface area contributed by atoms with E-state index in [0.717, 1.165) is 24.2 Å². The number of aliphatic imine (C=N–C) groups is 2. The fraction of sp³-hybridized carbons (Fsp3) is 0.736. The lowest BCUT2D eigenvalue weighted by Crippen LogP contribution is -2.70. The Kier molecular flexibility index (Phi) is 23.8. The van der Waals surface area contributed by atoms with Gasteiger partial charge >= 0.3 is 0 Å². The van der Waals surface area contributed by atoms with Crippen molar-refractivity contribution in [1.29, 1.82) is 0 Å². The van der Waals surface area contributed by atoms with Crippen LogP contribution in [0.15, 0.2) is 34.3 Å². The van der Waals surface area contributed by atoms with E-state index < -0.39 is 234 Å². The Bertz CT molecular complexity index is 2700. The van der Waals surface area contributed by atoms with Gasteiger partial charge in [-0.15, -0.1) is 0 Å². The Morgan fingerprint density at radius 1 is 0.567 bits per heavy atom. The highest BCUT2D eigenvalue weighted by Gasteiger charge is 2.54. The van der Waals surface area contributed by atoms with E-state index in [4.69, 9.17) is 35.2 Å². The number of ether oxygens (including phenoxy) is 5. The molecule has 37 nitrogen and oxygen atoms in total. The van der Waals surface area contributed by atoms with Crippen molar-refractivity contribution < 1.29 is 124 Å². The maximum atomic E-state index is 15.0. The van der Waals surface area contributed by atoms with Crippen LogP contribution in [0.4, 0.5) is 0 Å². The quantitative estimate of drug-likeness (QED) is 0.0689. The summed E-state index contributed by atoms with van der Waals surface area (Å²) in [5.74, 6) is -7.88. The van der Waals surface area contributed by atoms with E-state index in [-0.39, 0.29) is 36.2 Å². The van der Waals surface area contributed by atoms with Crippen molar-refractivity contribution in [1.82, 2.24) is 42.1 Å². The summed E-state index contributed by atoms with van der Waals surface area (Å²) in [7, 11) is 0. The van der Waals surface area contributed by atoms with Crippen LogP contribution in [-0.2, 0) is 54.1 Å². The first-order valence-corrected chi connectivity index (χ1v) is 29.4.